The molecule has 2 rings (SSSR count). The van der Waals surface area contributed by atoms with Crippen molar-refractivity contribution in [3.05, 3.63) is 64.2 Å². The number of aromatic nitrogens is 1. The van der Waals surface area contributed by atoms with E-state index in [1.807, 2.05) is 26.0 Å². The van der Waals surface area contributed by atoms with Crippen LogP contribution in [-0.4, -0.2) is 16.4 Å². The van der Waals surface area contributed by atoms with Crippen LogP contribution in [0.25, 0.3) is 6.08 Å². The first-order chi connectivity index (χ1) is 13.2. The molecule has 0 radical (unpaired) electrons. The molecule has 0 aliphatic rings. The monoisotopic (exact) mass is 382 g/mol. The number of rotatable bonds is 5. The van der Waals surface area contributed by atoms with Crippen molar-refractivity contribution in [1.82, 2.24) is 15.4 Å². The Morgan fingerprint density at radius 2 is 1.93 bits per heavy atom. The lowest BCUT2D eigenvalue weighted by molar-refractivity contribution is -0.117. The van der Waals surface area contributed by atoms with E-state index in [-0.39, 0.29) is 11.1 Å². The highest BCUT2D eigenvalue weighted by Crippen LogP contribution is 2.19. The molecule has 7 heteroatoms. The summed E-state index contributed by atoms with van der Waals surface area (Å²) in [5.41, 5.74) is 6.63. The van der Waals surface area contributed by atoms with Crippen molar-refractivity contribution in [3.63, 3.8) is 0 Å². The van der Waals surface area contributed by atoms with Gasteiger partial charge in [-0.1, -0.05) is 26.0 Å². The molecular formula is C21H23FN4O2. The first kappa shape index (κ1) is 20.9. The van der Waals surface area contributed by atoms with Crippen LogP contribution in [0.4, 0.5) is 4.39 Å². The summed E-state index contributed by atoms with van der Waals surface area (Å²) in [6.07, 6.45) is 1.48. The fourth-order valence-corrected chi connectivity index (χ4v) is 2.82. The lowest BCUT2D eigenvalue weighted by Crippen LogP contribution is -2.42. The minimum atomic E-state index is -0.807. The molecule has 2 N–H and O–H groups in total. The first-order valence-corrected chi connectivity index (χ1v) is 8.88. The van der Waals surface area contributed by atoms with Crippen LogP contribution in [0.15, 0.2) is 35.9 Å². The average molecular weight is 382 g/mol. The van der Waals surface area contributed by atoms with Gasteiger partial charge < -0.3 is 4.57 Å². The standard InChI is InChI=1S/C21H23FN4O2/c1-13(2)12-26-14(3)9-16(15(26)4)10-17(11-23)20(27)24-25-21(28)18-7-5-6-8-19(18)22/h5-10,13H,12H2,1-4H3,(H,24,27)(H,25,28)/b17-10+. The molecular weight excluding hydrogens is 359 g/mol. The van der Waals surface area contributed by atoms with E-state index in [1.165, 1.54) is 24.3 Å². The summed E-state index contributed by atoms with van der Waals surface area (Å²) in [7, 11) is 0. The summed E-state index contributed by atoms with van der Waals surface area (Å²) in [5.74, 6) is -1.84. The summed E-state index contributed by atoms with van der Waals surface area (Å²) < 4.78 is 15.7. The quantitative estimate of drug-likeness (QED) is 0.473. The van der Waals surface area contributed by atoms with Gasteiger partial charge in [-0.25, -0.2) is 4.39 Å². The van der Waals surface area contributed by atoms with Crippen molar-refractivity contribution in [1.29, 1.82) is 5.26 Å². The third-order valence-corrected chi connectivity index (χ3v) is 4.23. The number of hydrogen-bond acceptors (Lipinski definition) is 3. The maximum Gasteiger partial charge on any atom is 0.280 e. The Kier molecular flexibility index (Phi) is 6.72. The Labute approximate surface area is 163 Å². The van der Waals surface area contributed by atoms with Gasteiger partial charge in [0.1, 0.15) is 17.5 Å². The molecule has 0 saturated carbocycles. The number of hydrazine groups is 1. The van der Waals surface area contributed by atoms with Gasteiger partial charge in [-0.05, 0) is 49.6 Å². The number of halogens is 1. The van der Waals surface area contributed by atoms with Gasteiger partial charge in [0.05, 0.1) is 5.56 Å². The van der Waals surface area contributed by atoms with Crippen molar-refractivity contribution >= 4 is 17.9 Å². The second kappa shape index (κ2) is 9.00. The molecule has 0 aliphatic heterocycles. The third kappa shape index (κ3) is 4.86. The van der Waals surface area contributed by atoms with Crippen molar-refractivity contribution < 1.29 is 14.0 Å². The second-order valence-corrected chi connectivity index (χ2v) is 6.89. The van der Waals surface area contributed by atoms with E-state index < -0.39 is 17.6 Å². The van der Waals surface area contributed by atoms with Crippen molar-refractivity contribution in [2.45, 2.75) is 34.2 Å². The van der Waals surface area contributed by atoms with Crippen LogP contribution in [-0.2, 0) is 11.3 Å². The molecule has 1 aromatic carbocycles. The number of benzene rings is 1. The van der Waals surface area contributed by atoms with Crippen LogP contribution in [0.2, 0.25) is 0 Å². The summed E-state index contributed by atoms with van der Waals surface area (Å²) in [4.78, 5) is 24.2. The molecule has 6 nitrogen and oxygen atoms in total. The average Bonchev–Trinajstić information content (AvgIpc) is 2.91. The Morgan fingerprint density at radius 1 is 1.25 bits per heavy atom. The number of aryl methyl sites for hydroxylation is 1. The van der Waals surface area contributed by atoms with Crippen LogP contribution in [0, 0.1) is 36.9 Å². The van der Waals surface area contributed by atoms with Crippen molar-refractivity contribution in [3.8, 4) is 6.07 Å². The Bertz CT molecular complexity index is 967. The Morgan fingerprint density at radius 3 is 2.54 bits per heavy atom. The number of amides is 2. The lowest BCUT2D eigenvalue weighted by atomic mass is 10.1. The van der Waals surface area contributed by atoms with Gasteiger partial charge in [-0.2, -0.15) is 5.26 Å². The smallest absolute Gasteiger partial charge is 0.280 e. The first-order valence-electron chi connectivity index (χ1n) is 8.88. The summed E-state index contributed by atoms with van der Waals surface area (Å²) in [5, 5.41) is 9.34. The lowest BCUT2D eigenvalue weighted by Gasteiger charge is -2.12. The van der Waals surface area contributed by atoms with E-state index in [4.69, 9.17) is 0 Å². The van der Waals surface area contributed by atoms with E-state index in [9.17, 15) is 19.2 Å². The van der Waals surface area contributed by atoms with E-state index in [0.29, 0.717) is 5.92 Å². The van der Waals surface area contributed by atoms with Crippen molar-refractivity contribution in [2.24, 2.45) is 5.92 Å². The van der Waals surface area contributed by atoms with Crippen LogP contribution in [0.3, 0.4) is 0 Å². The number of nitrogens with zero attached hydrogens (tertiary/aromatic N) is 2. The van der Waals surface area contributed by atoms with E-state index in [2.05, 4.69) is 29.3 Å². The van der Waals surface area contributed by atoms with Gasteiger partial charge in [0.25, 0.3) is 11.8 Å². The number of carbonyl (C=O) groups is 2. The molecule has 146 valence electrons. The predicted molar refractivity (Wildman–Crippen MR) is 104 cm³/mol. The number of carbonyl (C=O) groups excluding carboxylic acids is 2. The minimum absolute atomic E-state index is 0.168. The highest BCUT2D eigenvalue weighted by Gasteiger charge is 2.16. The molecule has 1 heterocycles. The van der Waals surface area contributed by atoms with Crippen molar-refractivity contribution in [2.75, 3.05) is 0 Å². The molecule has 2 aromatic rings. The van der Waals surface area contributed by atoms with Crippen LogP contribution in [0.5, 0.6) is 0 Å². The van der Waals surface area contributed by atoms with Crippen LogP contribution < -0.4 is 10.9 Å². The normalized spacial score (nSPS) is 11.2. The molecule has 0 unspecified atom stereocenters. The predicted octanol–water partition coefficient (Wildman–Crippen LogP) is 3.27. The maximum absolute atomic E-state index is 13.6. The molecule has 1 aromatic heterocycles. The molecule has 2 amide bonds. The molecule has 0 saturated heterocycles. The highest BCUT2D eigenvalue weighted by atomic mass is 19.1. The maximum atomic E-state index is 13.6. The Hall–Kier alpha value is -3.40. The van der Waals surface area contributed by atoms with Gasteiger partial charge >= 0.3 is 0 Å². The fraction of sp³-hybridized carbons (Fsp3) is 0.286. The highest BCUT2D eigenvalue weighted by molar-refractivity contribution is 6.03. The van der Waals surface area contributed by atoms with Gasteiger partial charge in [-0.3, -0.25) is 20.4 Å². The minimum Gasteiger partial charge on any atom is -0.348 e. The number of nitriles is 1. The molecule has 0 spiro atoms. The van der Waals surface area contributed by atoms with E-state index >= 15 is 0 Å². The summed E-state index contributed by atoms with van der Waals surface area (Å²) in [6.45, 7) is 8.95. The molecule has 0 bridgehead atoms. The molecule has 28 heavy (non-hydrogen) atoms. The van der Waals surface area contributed by atoms with Gasteiger partial charge in [-0.15, -0.1) is 0 Å². The zero-order valence-electron chi connectivity index (χ0n) is 16.3. The molecule has 0 fully saturated rings. The summed E-state index contributed by atoms with van der Waals surface area (Å²) >= 11 is 0. The topological polar surface area (TPSA) is 86.9 Å². The second-order valence-electron chi connectivity index (χ2n) is 6.89. The largest absolute Gasteiger partial charge is 0.348 e. The van der Waals surface area contributed by atoms with Crippen LogP contribution in [0.1, 0.15) is 41.2 Å². The van der Waals surface area contributed by atoms with Gasteiger partial charge in [0, 0.05) is 17.9 Å². The van der Waals surface area contributed by atoms with Crippen LogP contribution >= 0.6 is 0 Å². The SMILES string of the molecule is Cc1cc(/C=C(\C#N)C(=O)NNC(=O)c2ccccc2F)c(C)n1CC(C)C. The van der Waals surface area contributed by atoms with Gasteiger partial charge in [0.15, 0.2) is 0 Å². The molecule has 0 aliphatic carbocycles. The van der Waals surface area contributed by atoms with E-state index in [0.717, 1.165) is 29.6 Å². The van der Waals surface area contributed by atoms with Gasteiger partial charge in [0.2, 0.25) is 0 Å². The third-order valence-electron chi connectivity index (χ3n) is 4.23. The number of hydrogen-bond donors (Lipinski definition) is 2. The fourth-order valence-electron chi connectivity index (χ4n) is 2.82. The van der Waals surface area contributed by atoms with E-state index in [1.54, 1.807) is 0 Å². The molecule has 0 atom stereocenters. The Balaban J connectivity index is 2.15. The summed E-state index contributed by atoms with van der Waals surface area (Å²) in [6, 6.07) is 9.14. The zero-order valence-corrected chi connectivity index (χ0v) is 16.3. The number of nitrogens with one attached hydrogen (secondary N) is 2. The zero-order chi connectivity index (χ0) is 20.8.